The van der Waals surface area contributed by atoms with Crippen LogP contribution >= 0.6 is 141 Å². The maximum absolute atomic E-state index is 12.1. The lowest BCUT2D eigenvalue weighted by molar-refractivity contribution is -0.123. The van der Waals surface area contributed by atoms with Gasteiger partial charge >= 0.3 is 0 Å². The average Bonchev–Trinajstić information content (AvgIpc) is 0.885. The van der Waals surface area contributed by atoms with Crippen LogP contribution in [0, 0.1) is 23.7 Å². The molecule has 0 atom stereocenters. The van der Waals surface area contributed by atoms with Crippen molar-refractivity contribution in [3.63, 3.8) is 0 Å². The Hall–Kier alpha value is 0.240. The van der Waals surface area contributed by atoms with Gasteiger partial charge in [0, 0.05) is 110 Å². The molecule has 658 valence electrons. The summed E-state index contributed by atoms with van der Waals surface area (Å²) in [4.78, 5) is 135. The molecule has 0 spiro atoms. The molecule has 0 aromatic carbocycles. The Balaban J connectivity index is -0.000000410. The summed E-state index contributed by atoms with van der Waals surface area (Å²) in [6, 6.07) is 0. The Labute approximate surface area is 738 Å². The number of rotatable bonds is 65. The van der Waals surface area contributed by atoms with Gasteiger partial charge in [-0.15, -0.1) is 0 Å². The van der Waals surface area contributed by atoms with Crippen LogP contribution in [-0.2, 0) is 57.5 Å². The van der Waals surface area contributed by atoms with E-state index in [9.17, 15) is 57.5 Å². The Morgan fingerprint density at radius 3 is 0.589 bits per heavy atom. The summed E-state index contributed by atoms with van der Waals surface area (Å²) in [7, 11) is 0. The van der Waals surface area contributed by atoms with Gasteiger partial charge in [0.2, 0.25) is 0 Å². The molecule has 0 bridgehead atoms. The number of ketones is 6. The van der Waals surface area contributed by atoms with Crippen LogP contribution in [0.5, 0.6) is 0 Å². The summed E-state index contributed by atoms with van der Waals surface area (Å²) >= 11 is 20.2. The molecule has 0 aromatic rings. The Morgan fingerprint density at radius 2 is 0.357 bits per heavy atom. The van der Waals surface area contributed by atoms with Gasteiger partial charge in [-0.2, -0.15) is 70.6 Å². The molecule has 112 heavy (non-hydrogen) atoms. The zero-order valence-corrected chi connectivity index (χ0v) is 81.6. The number of hydrogen-bond donors (Lipinski definition) is 0. The molecular formula is C88H162O12S12. The second-order valence-electron chi connectivity index (χ2n) is 29.3. The van der Waals surface area contributed by atoms with Crippen LogP contribution in [0.2, 0.25) is 0 Å². The largest absolute Gasteiger partial charge is 0.300 e. The monoisotopic (exact) mass is 1790 g/mol. The average molecular weight is 1800 g/mol. The van der Waals surface area contributed by atoms with E-state index in [0.717, 1.165) is 238 Å². The van der Waals surface area contributed by atoms with E-state index in [4.69, 9.17) is 0 Å². The third kappa shape index (κ3) is 95.7. The minimum atomic E-state index is 0. The summed E-state index contributed by atoms with van der Waals surface area (Å²) in [6.45, 7) is 9.87. The van der Waals surface area contributed by atoms with E-state index >= 15 is 0 Å². The first kappa shape index (κ1) is 121. The second-order valence-corrected chi connectivity index (χ2v) is 42.0. The predicted octanol–water partition coefficient (Wildman–Crippen LogP) is 26.7. The van der Waals surface area contributed by atoms with Crippen molar-refractivity contribution >= 4 is 207 Å². The molecule has 2 saturated carbocycles. The molecular weight excluding hydrogens is 1630 g/mol. The van der Waals surface area contributed by atoms with Crippen LogP contribution in [0.3, 0.4) is 0 Å². The van der Waals surface area contributed by atoms with E-state index in [1.165, 1.54) is 178 Å². The van der Waals surface area contributed by atoms with Crippen LogP contribution in [-0.4, -0.2) is 172 Å². The normalized spacial score (nSPS) is 14.8. The summed E-state index contributed by atoms with van der Waals surface area (Å²) in [5.41, 5.74) is 0. The van der Waals surface area contributed by atoms with Crippen LogP contribution in [0.15, 0.2) is 0 Å². The van der Waals surface area contributed by atoms with E-state index < -0.39 is 0 Å². The number of carbonyl (C=O) groups is 12. The highest BCUT2D eigenvalue weighted by Crippen LogP contribution is 2.34. The van der Waals surface area contributed by atoms with Crippen molar-refractivity contribution in [1.82, 2.24) is 0 Å². The van der Waals surface area contributed by atoms with Crippen molar-refractivity contribution in [2.75, 3.05) is 107 Å². The Kier molecular flexibility index (Phi) is 103. The van der Waals surface area contributed by atoms with E-state index in [-0.39, 0.29) is 47.8 Å². The first-order chi connectivity index (χ1) is 53.4. The number of Topliss-reactive ketones (excluding diaryl/α,β-unsaturated/α-hetero) is 6. The Morgan fingerprint density at radius 1 is 0.196 bits per heavy atom. The summed E-state index contributed by atoms with van der Waals surface area (Å²) < 4.78 is 0. The second kappa shape index (κ2) is 95.1. The van der Waals surface area contributed by atoms with Crippen LogP contribution < -0.4 is 0 Å². The molecule has 0 unspecified atom stereocenters. The van der Waals surface area contributed by atoms with Crippen molar-refractivity contribution in [3.8, 4) is 0 Å². The van der Waals surface area contributed by atoms with Crippen LogP contribution in [0.4, 0.5) is 0 Å². The molecule has 0 radical (unpaired) electrons. The standard InChI is InChI=1S/C18H34O2S2.C16H28O2S2.C15H28O2S2.C14H26O2S2.C13H22O2S2.C11H20O2S2.CH4/c1-17(19)13-9-5-3-4-6-10-14-18(20)22-16-12-8-7-11-15-21-2;1-13(17)14-7-9-15(10-8-14)16(18)20-12-6-4-3-5-11-19-2;1-14(16)10-7-5-3-4-6-8-11-15(17)19-13-9-12-18-2;1-13(15)9-5-6-10-14(16)18-12-8-4-3-7-11-17-2;1-10(14)11-4-6-12(7-5-11)13(15)17-9-3-8-16-2;1-10(12)6-3-4-7-11(13)15-9-5-8-14-2;/h3-16H2,1-2H3;14-15H,3-12H2,1-2H3;3-13H2,1-2H3;3-12H2,1-2H3;11-12H,3-9H2,1-2H3;3-9H2,1-2H3;1H4. The van der Waals surface area contributed by atoms with Gasteiger partial charge < -0.3 is 19.2 Å². The zero-order chi connectivity index (χ0) is 83.4. The quantitative estimate of drug-likeness (QED) is 0.0519. The summed E-state index contributed by atoms with van der Waals surface area (Å²) in [5, 5.41) is 2.03. The molecule has 0 aliphatic heterocycles. The number of thioether (sulfide) groups is 12. The van der Waals surface area contributed by atoms with E-state index in [1.807, 2.05) is 70.6 Å². The minimum absolute atomic E-state index is 0. The molecule has 0 aromatic heterocycles. The lowest BCUT2D eigenvalue weighted by Crippen LogP contribution is -2.23. The van der Waals surface area contributed by atoms with Gasteiger partial charge in [-0.25, -0.2) is 0 Å². The van der Waals surface area contributed by atoms with Crippen molar-refractivity contribution in [2.24, 2.45) is 23.7 Å². The Bertz CT molecular complexity index is 2300. The maximum Gasteiger partial charge on any atom is 0.192 e. The summed E-state index contributed by atoms with van der Waals surface area (Å²) in [6.07, 6.45) is 60.8. The van der Waals surface area contributed by atoms with Gasteiger partial charge in [-0.05, 0) is 274 Å². The topological polar surface area (TPSA) is 205 Å². The molecule has 0 N–H and O–H groups in total. The van der Waals surface area contributed by atoms with Gasteiger partial charge in [-0.1, -0.05) is 168 Å². The van der Waals surface area contributed by atoms with Gasteiger partial charge in [0.25, 0.3) is 0 Å². The van der Waals surface area contributed by atoms with Crippen LogP contribution in [0.1, 0.15) is 351 Å². The van der Waals surface area contributed by atoms with Crippen molar-refractivity contribution in [3.05, 3.63) is 0 Å². The molecule has 0 saturated heterocycles. The third-order valence-corrected chi connectivity index (χ3v) is 29.1. The van der Waals surface area contributed by atoms with Gasteiger partial charge in [0.05, 0.1) is 0 Å². The van der Waals surface area contributed by atoms with Crippen molar-refractivity contribution in [1.29, 1.82) is 0 Å². The minimum Gasteiger partial charge on any atom is -0.300 e. The zero-order valence-electron chi connectivity index (χ0n) is 71.8. The highest BCUT2D eigenvalue weighted by Gasteiger charge is 2.29. The van der Waals surface area contributed by atoms with E-state index in [2.05, 4.69) is 37.5 Å². The lowest BCUT2D eigenvalue weighted by atomic mass is 9.81. The fourth-order valence-corrected chi connectivity index (χ4v) is 20.4. The molecule has 2 fully saturated rings. The fraction of sp³-hybridized carbons (Fsp3) is 0.864. The van der Waals surface area contributed by atoms with Gasteiger partial charge in [0.1, 0.15) is 34.7 Å². The SMILES string of the molecule is C.CSCCCCCCSC(=O)C1CCC(C(C)=O)CC1.CSCCCCCCSC(=O)CCCCC(C)=O.CSCCCCCCSC(=O)CCCCCCCCC(C)=O.CSCCCSC(=O)C1CCC(C(C)=O)CC1.CSCCCSC(=O)CCCCC(C)=O.CSCCCSC(=O)CCCCCCCCC(C)=O. The molecule has 2 rings (SSSR count). The van der Waals surface area contributed by atoms with Gasteiger partial charge in [0.15, 0.2) is 30.7 Å². The van der Waals surface area contributed by atoms with E-state index in [1.54, 1.807) is 41.5 Å². The maximum atomic E-state index is 12.1. The fourth-order valence-electron chi connectivity index (χ4n) is 11.8. The van der Waals surface area contributed by atoms with Crippen molar-refractivity contribution in [2.45, 2.75) is 351 Å². The highest BCUT2D eigenvalue weighted by molar-refractivity contribution is 8.15. The first-order valence-electron chi connectivity index (χ1n) is 42.3. The highest BCUT2D eigenvalue weighted by atomic mass is 32.2. The van der Waals surface area contributed by atoms with E-state index in [0.29, 0.717) is 74.4 Å². The molecule has 2 aliphatic carbocycles. The first-order valence-corrected chi connectivity index (χ1v) is 56.6. The molecule has 0 heterocycles. The predicted molar refractivity (Wildman–Crippen MR) is 517 cm³/mol. The smallest absolute Gasteiger partial charge is 0.192 e. The third-order valence-electron chi connectivity index (χ3n) is 18.7. The van der Waals surface area contributed by atoms with Crippen molar-refractivity contribution < 1.29 is 57.5 Å². The number of carbonyl (C=O) groups excluding carboxylic acids is 12. The molecule has 0 amide bonds. The molecule has 2 aliphatic rings. The number of unbranched alkanes of at least 4 members (excludes halogenated alkanes) is 21. The molecule has 24 heteroatoms. The number of hydrogen-bond acceptors (Lipinski definition) is 24. The summed E-state index contributed by atoms with van der Waals surface area (Å²) in [5.74, 6) is 15.5. The van der Waals surface area contributed by atoms with Crippen LogP contribution in [0.25, 0.3) is 0 Å². The van der Waals surface area contributed by atoms with Gasteiger partial charge in [-0.3, -0.25) is 38.4 Å². The lowest BCUT2D eigenvalue weighted by Gasteiger charge is -2.25. The molecule has 12 nitrogen and oxygen atoms in total.